The molecule has 1 N–H and O–H groups in total. The molecule has 0 unspecified atom stereocenters. The molecule has 4 nitrogen and oxygen atoms in total. The van der Waals surface area contributed by atoms with E-state index < -0.39 is 0 Å². The Morgan fingerprint density at radius 3 is 2.86 bits per heavy atom. The van der Waals surface area contributed by atoms with Gasteiger partial charge < -0.3 is 14.8 Å². The van der Waals surface area contributed by atoms with Gasteiger partial charge in [-0.15, -0.1) is 0 Å². The van der Waals surface area contributed by atoms with Crippen LogP contribution >= 0.6 is 0 Å². The lowest BCUT2D eigenvalue weighted by Crippen LogP contribution is -2.26. The number of rotatable bonds is 5. The summed E-state index contributed by atoms with van der Waals surface area (Å²) in [7, 11) is 1.67. The van der Waals surface area contributed by atoms with Crippen LogP contribution in [-0.4, -0.2) is 25.7 Å². The fraction of sp³-hybridized carbons (Fsp3) is 0.389. The molecule has 1 amide bonds. The van der Waals surface area contributed by atoms with E-state index in [4.69, 9.17) is 9.47 Å². The van der Waals surface area contributed by atoms with Gasteiger partial charge in [0.25, 0.3) is 0 Å². The third-order valence-corrected chi connectivity index (χ3v) is 4.04. The fourth-order valence-corrected chi connectivity index (χ4v) is 2.80. The number of carbonyl (C=O) groups excluding carboxylic acids is 1. The van der Waals surface area contributed by atoms with Crippen LogP contribution in [0.15, 0.2) is 36.4 Å². The van der Waals surface area contributed by atoms with Crippen LogP contribution in [0.2, 0.25) is 0 Å². The molecular formula is C18H21NO3. The van der Waals surface area contributed by atoms with Gasteiger partial charge in [-0.05, 0) is 47.4 Å². The second-order valence-electron chi connectivity index (χ2n) is 5.66. The first-order valence-electron chi connectivity index (χ1n) is 7.69. The maximum atomic E-state index is 11.9. The summed E-state index contributed by atoms with van der Waals surface area (Å²) in [6, 6.07) is 12.2. The highest BCUT2D eigenvalue weighted by atomic mass is 16.5. The first-order valence-corrected chi connectivity index (χ1v) is 7.69. The van der Waals surface area contributed by atoms with Gasteiger partial charge in [0.05, 0.1) is 19.6 Å². The predicted octanol–water partition coefficient (Wildman–Crippen LogP) is 3.03. The zero-order valence-electron chi connectivity index (χ0n) is 12.8. The molecule has 22 heavy (non-hydrogen) atoms. The Kier molecular flexibility index (Phi) is 4.59. The van der Waals surface area contributed by atoms with Gasteiger partial charge in [-0.1, -0.05) is 18.2 Å². The quantitative estimate of drug-likeness (QED) is 0.923. The van der Waals surface area contributed by atoms with Crippen molar-refractivity contribution in [3.8, 4) is 5.75 Å². The largest absolute Gasteiger partial charge is 0.497 e. The number of hydrogen-bond acceptors (Lipinski definition) is 3. The first-order chi connectivity index (χ1) is 10.7. The SMILES string of the molecule is COc1ccc2cc(CNC(=O)C[C@H]3CCCO3)ccc2c1. The Balaban J connectivity index is 1.60. The van der Waals surface area contributed by atoms with Crippen molar-refractivity contribution in [2.45, 2.75) is 31.9 Å². The van der Waals surface area contributed by atoms with Crippen molar-refractivity contribution < 1.29 is 14.3 Å². The summed E-state index contributed by atoms with van der Waals surface area (Å²) < 4.78 is 10.7. The molecule has 1 heterocycles. The van der Waals surface area contributed by atoms with Crippen molar-refractivity contribution in [1.29, 1.82) is 0 Å². The number of carbonyl (C=O) groups is 1. The van der Waals surface area contributed by atoms with Crippen LogP contribution in [0.3, 0.4) is 0 Å². The number of benzene rings is 2. The monoisotopic (exact) mass is 299 g/mol. The third kappa shape index (κ3) is 3.57. The smallest absolute Gasteiger partial charge is 0.222 e. The van der Waals surface area contributed by atoms with Crippen LogP contribution in [0.1, 0.15) is 24.8 Å². The minimum atomic E-state index is 0.0572. The molecule has 116 valence electrons. The van der Waals surface area contributed by atoms with Crippen LogP contribution in [-0.2, 0) is 16.1 Å². The van der Waals surface area contributed by atoms with Crippen molar-refractivity contribution in [3.05, 3.63) is 42.0 Å². The summed E-state index contributed by atoms with van der Waals surface area (Å²) >= 11 is 0. The zero-order valence-corrected chi connectivity index (χ0v) is 12.8. The van der Waals surface area contributed by atoms with E-state index in [2.05, 4.69) is 17.4 Å². The molecule has 0 aliphatic carbocycles. The highest BCUT2D eigenvalue weighted by Gasteiger charge is 2.18. The average Bonchev–Trinajstić information content (AvgIpc) is 3.05. The standard InChI is InChI=1S/C18H21NO3/c1-21-16-7-6-14-9-13(4-5-15(14)10-16)12-19-18(20)11-17-3-2-8-22-17/h4-7,9-10,17H,2-3,8,11-12H2,1H3,(H,19,20)/t17-/m1/s1. The first kappa shape index (κ1) is 14.9. The summed E-state index contributed by atoms with van der Waals surface area (Å²) in [5, 5.41) is 5.25. The Morgan fingerprint density at radius 2 is 2.09 bits per heavy atom. The van der Waals surface area contributed by atoms with Gasteiger partial charge in [-0.3, -0.25) is 4.79 Å². The summed E-state index contributed by atoms with van der Waals surface area (Å²) in [5.41, 5.74) is 1.10. The lowest BCUT2D eigenvalue weighted by atomic mass is 10.1. The second kappa shape index (κ2) is 6.79. The van der Waals surface area contributed by atoms with Crippen LogP contribution in [0.5, 0.6) is 5.75 Å². The van der Waals surface area contributed by atoms with Crippen molar-refractivity contribution in [3.63, 3.8) is 0 Å². The molecule has 1 saturated heterocycles. The summed E-state index contributed by atoms with van der Waals surface area (Å²) in [4.78, 5) is 11.9. The fourth-order valence-electron chi connectivity index (χ4n) is 2.80. The Morgan fingerprint density at radius 1 is 1.27 bits per heavy atom. The molecule has 1 atom stereocenters. The molecule has 4 heteroatoms. The highest BCUT2D eigenvalue weighted by Crippen LogP contribution is 2.22. The molecule has 0 saturated carbocycles. The van der Waals surface area contributed by atoms with Crippen LogP contribution in [0, 0.1) is 0 Å². The normalized spacial score (nSPS) is 17.6. The molecule has 0 aromatic heterocycles. The van der Waals surface area contributed by atoms with E-state index in [0.717, 1.165) is 41.5 Å². The van der Waals surface area contributed by atoms with Crippen LogP contribution in [0.25, 0.3) is 10.8 Å². The Bertz CT molecular complexity index is 662. The van der Waals surface area contributed by atoms with Gasteiger partial charge in [0.1, 0.15) is 5.75 Å². The lowest BCUT2D eigenvalue weighted by molar-refractivity contribution is -0.123. The third-order valence-electron chi connectivity index (χ3n) is 4.04. The summed E-state index contributed by atoms with van der Waals surface area (Å²) in [5.74, 6) is 0.909. The van der Waals surface area contributed by atoms with E-state index in [9.17, 15) is 4.79 Å². The van der Waals surface area contributed by atoms with Crippen LogP contribution in [0.4, 0.5) is 0 Å². The van der Waals surface area contributed by atoms with E-state index in [0.29, 0.717) is 13.0 Å². The van der Waals surface area contributed by atoms with Gasteiger partial charge in [-0.25, -0.2) is 0 Å². The number of fused-ring (bicyclic) bond motifs is 1. The minimum absolute atomic E-state index is 0.0572. The molecule has 2 aromatic rings. The van der Waals surface area contributed by atoms with Crippen molar-refractivity contribution >= 4 is 16.7 Å². The van der Waals surface area contributed by atoms with Crippen LogP contribution < -0.4 is 10.1 Å². The topological polar surface area (TPSA) is 47.6 Å². The zero-order chi connectivity index (χ0) is 15.4. The molecule has 2 aromatic carbocycles. The van der Waals surface area contributed by atoms with E-state index in [-0.39, 0.29) is 12.0 Å². The number of nitrogens with one attached hydrogen (secondary N) is 1. The summed E-state index contributed by atoms with van der Waals surface area (Å²) in [6.07, 6.45) is 2.62. The van der Waals surface area contributed by atoms with E-state index in [1.807, 2.05) is 24.3 Å². The van der Waals surface area contributed by atoms with Crippen molar-refractivity contribution in [1.82, 2.24) is 5.32 Å². The second-order valence-corrected chi connectivity index (χ2v) is 5.66. The number of hydrogen-bond donors (Lipinski definition) is 1. The highest BCUT2D eigenvalue weighted by molar-refractivity contribution is 5.84. The molecule has 0 bridgehead atoms. The van der Waals surface area contributed by atoms with E-state index in [1.54, 1.807) is 7.11 Å². The van der Waals surface area contributed by atoms with Gasteiger partial charge in [0, 0.05) is 13.2 Å². The molecule has 1 fully saturated rings. The van der Waals surface area contributed by atoms with E-state index >= 15 is 0 Å². The van der Waals surface area contributed by atoms with Crippen molar-refractivity contribution in [2.24, 2.45) is 0 Å². The predicted molar refractivity (Wildman–Crippen MR) is 85.9 cm³/mol. The van der Waals surface area contributed by atoms with Gasteiger partial charge in [0.15, 0.2) is 0 Å². The Labute approximate surface area is 130 Å². The van der Waals surface area contributed by atoms with Gasteiger partial charge >= 0.3 is 0 Å². The molecule has 1 aliphatic heterocycles. The number of amides is 1. The number of ether oxygens (including phenoxy) is 2. The van der Waals surface area contributed by atoms with Gasteiger partial charge in [-0.2, -0.15) is 0 Å². The van der Waals surface area contributed by atoms with Crippen molar-refractivity contribution in [2.75, 3.05) is 13.7 Å². The molecule has 3 rings (SSSR count). The maximum Gasteiger partial charge on any atom is 0.222 e. The number of methoxy groups -OCH3 is 1. The molecule has 1 aliphatic rings. The minimum Gasteiger partial charge on any atom is -0.497 e. The molecular weight excluding hydrogens is 278 g/mol. The average molecular weight is 299 g/mol. The lowest BCUT2D eigenvalue weighted by Gasteiger charge is -2.10. The van der Waals surface area contributed by atoms with E-state index in [1.165, 1.54) is 0 Å². The molecule has 0 radical (unpaired) electrons. The molecule has 0 spiro atoms. The van der Waals surface area contributed by atoms with Gasteiger partial charge in [0.2, 0.25) is 5.91 Å². The summed E-state index contributed by atoms with van der Waals surface area (Å²) in [6.45, 7) is 1.33. The Hall–Kier alpha value is -2.07. The maximum absolute atomic E-state index is 11.9.